The highest BCUT2D eigenvalue weighted by Crippen LogP contribution is 2.18. The molecule has 150 valence electrons. The fourth-order valence-electron chi connectivity index (χ4n) is 2.46. The van der Waals surface area contributed by atoms with Crippen molar-refractivity contribution in [1.29, 1.82) is 0 Å². The van der Waals surface area contributed by atoms with E-state index in [-0.39, 0.29) is 23.1 Å². The van der Waals surface area contributed by atoms with Crippen LogP contribution in [0.25, 0.3) is 0 Å². The molecule has 0 saturated carbocycles. The van der Waals surface area contributed by atoms with Crippen LogP contribution in [0.4, 0.5) is 16.2 Å². The maximum atomic E-state index is 12.2. The predicted octanol–water partition coefficient (Wildman–Crippen LogP) is 3.28. The van der Waals surface area contributed by atoms with E-state index in [2.05, 4.69) is 20.7 Å². The number of furan rings is 2. The second kappa shape index (κ2) is 9.27. The second-order valence-corrected chi connectivity index (χ2v) is 5.96. The number of rotatable bonds is 7. The lowest BCUT2D eigenvalue weighted by atomic mass is 10.1. The molecule has 0 fully saturated rings. The molecule has 0 radical (unpaired) electrons. The molecule has 0 atom stereocenters. The van der Waals surface area contributed by atoms with Crippen LogP contribution in [0.2, 0.25) is 0 Å². The lowest BCUT2D eigenvalue weighted by molar-refractivity contribution is 0.0925. The molecule has 0 spiro atoms. The van der Waals surface area contributed by atoms with Crippen molar-refractivity contribution in [3.8, 4) is 0 Å². The van der Waals surface area contributed by atoms with E-state index < -0.39 is 12.0 Å². The Kier molecular flexibility index (Phi) is 6.31. The Morgan fingerprint density at radius 2 is 1.52 bits per heavy atom. The third-order valence-electron chi connectivity index (χ3n) is 3.88. The molecular weight excluding hydrogens is 378 g/mol. The van der Waals surface area contributed by atoms with E-state index in [1.165, 1.54) is 31.8 Å². The number of carbonyl (C=O) groups is 3. The molecule has 3 rings (SSSR count). The Morgan fingerprint density at radius 1 is 0.897 bits per heavy atom. The summed E-state index contributed by atoms with van der Waals surface area (Å²) in [5.74, 6) is -0.920. The highest BCUT2D eigenvalue weighted by Gasteiger charge is 2.16. The molecule has 0 bridgehead atoms. The van der Waals surface area contributed by atoms with Gasteiger partial charge in [-0.1, -0.05) is 30.3 Å². The molecule has 2 heterocycles. The highest BCUT2D eigenvalue weighted by atomic mass is 16.5. The van der Waals surface area contributed by atoms with Gasteiger partial charge in [-0.15, -0.1) is 0 Å². The van der Waals surface area contributed by atoms with Gasteiger partial charge in [-0.25, -0.2) is 4.79 Å². The number of methoxy groups -OCH3 is 1. The summed E-state index contributed by atoms with van der Waals surface area (Å²) in [6.07, 6.45) is 2.46. The summed E-state index contributed by atoms with van der Waals surface area (Å²) < 4.78 is 14.8. The minimum atomic E-state index is -0.685. The van der Waals surface area contributed by atoms with Gasteiger partial charge >= 0.3 is 6.09 Å². The van der Waals surface area contributed by atoms with E-state index in [9.17, 15) is 14.4 Å². The van der Waals surface area contributed by atoms with E-state index in [1.807, 2.05) is 30.3 Å². The van der Waals surface area contributed by atoms with Crippen LogP contribution in [0.3, 0.4) is 0 Å². The minimum absolute atomic E-state index is 0.0357. The van der Waals surface area contributed by atoms with Crippen LogP contribution < -0.4 is 16.0 Å². The number of amides is 3. The molecule has 3 N–H and O–H groups in total. The molecule has 2 aromatic heterocycles. The van der Waals surface area contributed by atoms with Crippen molar-refractivity contribution in [2.75, 3.05) is 24.3 Å². The molecule has 0 aliphatic rings. The van der Waals surface area contributed by atoms with Crippen LogP contribution in [0.5, 0.6) is 0 Å². The first-order valence-corrected chi connectivity index (χ1v) is 8.70. The van der Waals surface area contributed by atoms with Gasteiger partial charge in [-0.05, 0) is 12.0 Å². The minimum Gasteiger partial charge on any atom is -0.457 e. The first-order chi connectivity index (χ1) is 14.0. The highest BCUT2D eigenvalue weighted by molar-refractivity contribution is 6.04. The Labute approximate surface area is 166 Å². The molecule has 29 heavy (non-hydrogen) atoms. The quantitative estimate of drug-likeness (QED) is 0.562. The summed E-state index contributed by atoms with van der Waals surface area (Å²) >= 11 is 0. The van der Waals surface area contributed by atoms with Crippen molar-refractivity contribution in [2.45, 2.75) is 6.42 Å². The number of hydrogen-bond donors (Lipinski definition) is 3. The van der Waals surface area contributed by atoms with Gasteiger partial charge in [0.1, 0.15) is 12.5 Å². The van der Waals surface area contributed by atoms with Crippen molar-refractivity contribution in [3.63, 3.8) is 0 Å². The van der Waals surface area contributed by atoms with Crippen molar-refractivity contribution < 1.29 is 28.0 Å². The van der Waals surface area contributed by atoms with Crippen molar-refractivity contribution in [1.82, 2.24) is 5.32 Å². The Bertz CT molecular complexity index is 993. The zero-order chi connectivity index (χ0) is 20.6. The summed E-state index contributed by atoms with van der Waals surface area (Å²) in [4.78, 5) is 35.5. The van der Waals surface area contributed by atoms with Gasteiger partial charge in [-0.2, -0.15) is 0 Å². The van der Waals surface area contributed by atoms with Gasteiger partial charge in [0.15, 0.2) is 11.5 Å². The monoisotopic (exact) mass is 397 g/mol. The summed E-state index contributed by atoms with van der Waals surface area (Å²) in [7, 11) is 1.22. The molecule has 9 nitrogen and oxygen atoms in total. The van der Waals surface area contributed by atoms with Gasteiger partial charge in [0, 0.05) is 18.7 Å². The third-order valence-corrected chi connectivity index (χ3v) is 3.88. The van der Waals surface area contributed by atoms with Gasteiger partial charge in [0.2, 0.25) is 0 Å². The molecule has 3 amide bonds. The zero-order valence-electron chi connectivity index (χ0n) is 15.6. The van der Waals surface area contributed by atoms with Gasteiger partial charge in [0.25, 0.3) is 11.8 Å². The Morgan fingerprint density at radius 3 is 2.17 bits per heavy atom. The van der Waals surface area contributed by atoms with Gasteiger partial charge in [0.05, 0.1) is 18.5 Å². The summed E-state index contributed by atoms with van der Waals surface area (Å²) in [5.41, 5.74) is 1.68. The fourth-order valence-corrected chi connectivity index (χ4v) is 2.46. The van der Waals surface area contributed by atoms with Crippen LogP contribution in [-0.4, -0.2) is 31.6 Å². The lowest BCUT2D eigenvalue weighted by Gasteiger charge is -2.03. The molecule has 0 aliphatic heterocycles. The topological polar surface area (TPSA) is 123 Å². The maximum Gasteiger partial charge on any atom is 0.411 e. The van der Waals surface area contributed by atoms with E-state index in [1.54, 1.807) is 0 Å². The van der Waals surface area contributed by atoms with Crippen molar-refractivity contribution in [2.24, 2.45) is 0 Å². The largest absolute Gasteiger partial charge is 0.457 e. The number of ether oxygens (including phenoxy) is 1. The number of anilines is 2. The Balaban J connectivity index is 1.51. The standard InChI is InChI=1S/C20H19N3O6/c1-27-20(26)23-15-10-17(29-12-15)19(25)22-14-9-16(28-11-14)18(24)21-8-7-13-5-3-2-4-6-13/h2-6,9-12H,7-8H2,1H3,(H,21,24)(H,22,25)(H,23,26). The van der Waals surface area contributed by atoms with E-state index in [0.29, 0.717) is 18.7 Å². The molecule has 0 unspecified atom stereocenters. The fraction of sp³-hybridized carbons (Fsp3) is 0.150. The van der Waals surface area contributed by atoms with Gasteiger partial charge in [-0.3, -0.25) is 14.9 Å². The zero-order valence-corrected chi connectivity index (χ0v) is 15.6. The van der Waals surface area contributed by atoms with Crippen LogP contribution in [0, 0.1) is 0 Å². The van der Waals surface area contributed by atoms with E-state index in [0.717, 1.165) is 5.56 Å². The molecule has 3 aromatic rings. The number of nitrogens with one attached hydrogen (secondary N) is 3. The number of carbonyl (C=O) groups excluding carboxylic acids is 3. The summed E-state index contributed by atoms with van der Waals surface area (Å²) in [6, 6.07) is 12.5. The van der Waals surface area contributed by atoms with Crippen LogP contribution >= 0.6 is 0 Å². The lowest BCUT2D eigenvalue weighted by Crippen LogP contribution is -2.25. The number of benzene rings is 1. The molecule has 1 aromatic carbocycles. The molecule has 9 heteroatoms. The molecule has 0 saturated heterocycles. The Hall–Kier alpha value is -4.01. The van der Waals surface area contributed by atoms with Gasteiger partial charge < -0.3 is 24.2 Å². The van der Waals surface area contributed by atoms with Crippen LogP contribution in [0.1, 0.15) is 26.7 Å². The smallest absolute Gasteiger partial charge is 0.411 e. The number of hydrogen-bond acceptors (Lipinski definition) is 6. The molecular formula is C20H19N3O6. The van der Waals surface area contributed by atoms with Crippen molar-refractivity contribution >= 4 is 29.3 Å². The second-order valence-electron chi connectivity index (χ2n) is 5.96. The molecule has 0 aliphatic carbocycles. The van der Waals surface area contributed by atoms with Crippen molar-refractivity contribution in [3.05, 3.63) is 72.1 Å². The maximum absolute atomic E-state index is 12.2. The van der Waals surface area contributed by atoms with Crippen LogP contribution in [0.15, 0.2) is 63.8 Å². The SMILES string of the molecule is COC(=O)Nc1coc(C(=O)Nc2coc(C(=O)NCCc3ccccc3)c2)c1. The first-order valence-electron chi connectivity index (χ1n) is 8.70. The van der Waals surface area contributed by atoms with Crippen LogP contribution in [-0.2, 0) is 11.2 Å². The van der Waals surface area contributed by atoms with E-state index in [4.69, 9.17) is 8.83 Å². The summed E-state index contributed by atoms with van der Waals surface area (Å²) in [5, 5.41) is 7.68. The van der Waals surface area contributed by atoms with E-state index >= 15 is 0 Å². The average Bonchev–Trinajstić information content (AvgIpc) is 3.38. The average molecular weight is 397 g/mol. The third kappa shape index (κ3) is 5.48. The first kappa shape index (κ1) is 19.7. The predicted molar refractivity (Wildman–Crippen MR) is 104 cm³/mol. The summed E-state index contributed by atoms with van der Waals surface area (Å²) in [6.45, 7) is 0.452. The normalized spacial score (nSPS) is 10.2.